The lowest BCUT2D eigenvalue weighted by molar-refractivity contribution is 0.0948. The summed E-state index contributed by atoms with van der Waals surface area (Å²) in [5.41, 5.74) is 4.07. The Kier molecular flexibility index (Phi) is 6.28. The summed E-state index contributed by atoms with van der Waals surface area (Å²) in [6.45, 7) is 9.12. The van der Waals surface area contributed by atoms with Crippen LogP contribution in [0.25, 0.3) is 0 Å². The normalized spacial score (nSPS) is 14.6. The van der Waals surface area contributed by atoms with E-state index in [9.17, 15) is 4.79 Å². The zero-order valence-corrected chi connectivity index (χ0v) is 17.5. The van der Waals surface area contributed by atoms with Crippen LogP contribution < -0.4 is 15.0 Å². The average molecular weight is 381 g/mol. The second kappa shape index (κ2) is 8.68. The quantitative estimate of drug-likeness (QED) is 0.801. The molecule has 0 saturated carbocycles. The molecule has 150 valence electrons. The first-order valence-electron chi connectivity index (χ1n) is 10.2. The molecule has 0 radical (unpaired) electrons. The number of carbonyl (C=O) groups is 1. The van der Waals surface area contributed by atoms with Crippen LogP contribution in [0.1, 0.15) is 61.5 Å². The molecule has 1 fully saturated rings. The lowest BCUT2D eigenvalue weighted by Gasteiger charge is -2.30. The summed E-state index contributed by atoms with van der Waals surface area (Å²) < 4.78 is 5.44. The Hall–Kier alpha value is -2.49. The van der Waals surface area contributed by atoms with Gasteiger partial charge in [0.15, 0.2) is 0 Å². The van der Waals surface area contributed by atoms with Crippen LogP contribution in [0.15, 0.2) is 42.5 Å². The number of amides is 1. The molecule has 1 aliphatic rings. The Morgan fingerprint density at radius 2 is 1.79 bits per heavy atom. The number of carbonyl (C=O) groups excluding carboxylic acids is 1. The minimum absolute atomic E-state index is 0.0256. The van der Waals surface area contributed by atoms with E-state index in [4.69, 9.17) is 4.74 Å². The first-order valence-corrected chi connectivity index (χ1v) is 10.2. The molecule has 2 aromatic carbocycles. The molecule has 1 saturated heterocycles. The van der Waals surface area contributed by atoms with Crippen molar-refractivity contribution in [3.05, 3.63) is 59.2 Å². The number of hydrogen-bond acceptors (Lipinski definition) is 3. The van der Waals surface area contributed by atoms with Crippen LogP contribution in [0.4, 0.5) is 5.69 Å². The number of methoxy groups -OCH3 is 1. The Labute approximate surface area is 168 Å². The van der Waals surface area contributed by atoms with Crippen LogP contribution in [-0.4, -0.2) is 26.1 Å². The van der Waals surface area contributed by atoms with E-state index in [1.165, 1.54) is 24.9 Å². The predicted octanol–water partition coefficient (Wildman–Crippen LogP) is 4.91. The average Bonchev–Trinajstić information content (AvgIpc) is 2.71. The molecule has 1 N–H and O–H groups in total. The van der Waals surface area contributed by atoms with Crippen molar-refractivity contribution in [2.24, 2.45) is 0 Å². The minimum atomic E-state index is -0.101. The van der Waals surface area contributed by atoms with E-state index in [-0.39, 0.29) is 11.3 Å². The van der Waals surface area contributed by atoms with Gasteiger partial charge in [0.05, 0.1) is 12.7 Å². The van der Waals surface area contributed by atoms with Crippen LogP contribution >= 0.6 is 0 Å². The van der Waals surface area contributed by atoms with E-state index < -0.39 is 0 Å². The SMILES string of the molecule is COc1ccc(C(C)(C)C)cc1C(=O)NCc1ccccc1N1CCCCC1. The molecule has 4 heteroatoms. The molecule has 3 rings (SSSR count). The lowest BCUT2D eigenvalue weighted by Crippen LogP contribution is -2.31. The van der Waals surface area contributed by atoms with Crippen LogP contribution in [0.5, 0.6) is 5.75 Å². The summed E-state index contributed by atoms with van der Waals surface area (Å²) in [7, 11) is 1.61. The first-order chi connectivity index (χ1) is 13.4. The summed E-state index contributed by atoms with van der Waals surface area (Å²) in [6.07, 6.45) is 3.77. The monoisotopic (exact) mass is 380 g/mol. The largest absolute Gasteiger partial charge is 0.496 e. The first kappa shape index (κ1) is 20.2. The second-order valence-electron chi connectivity index (χ2n) is 8.52. The fraction of sp³-hybridized carbons (Fsp3) is 0.458. The van der Waals surface area contributed by atoms with Gasteiger partial charge in [-0.2, -0.15) is 0 Å². The topological polar surface area (TPSA) is 41.6 Å². The highest BCUT2D eigenvalue weighted by atomic mass is 16.5. The number of hydrogen-bond donors (Lipinski definition) is 1. The number of benzene rings is 2. The fourth-order valence-corrected chi connectivity index (χ4v) is 3.73. The highest BCUT2D eigenvalue weighted by Crippen LogP contribution is 2.28. The fourth-order valence-electron chi connectivity index (χ4n) is 3.73. The number of nitrogens with one attached hydrogen (secondary N) is 1. The third-order valence-electron chi connectivity index (χ3n) is 5.44. The molecule has 0 aromatic heterocycles. The van der Waals surface area contributed by atoms with Crippen molar-refractivity contribution >= 4 is 11.6 Å². The summed E-state index contributed by atoms with van der Waals surface area (Å²) in [6, 6.07) is 14.2. The van der Waals surface area contributed by atoms with Gasteiger partial charge >= 0.3 is 0 Å². The smallest absolute Gasteiger partial charge is 0.255 e. The number of para-hydroxylation sites is 1. The van der Waals surface area contributed by atoms with Gasteiger partial charge < -0.3 is 15.0 Å². The molecular formula is C24H32N2O2. The Morgan fingerprint density at radius 1 is 1.07 bits per heavy atom. The number of rotatable bonds is 5. The summed E-state index contributed by atoms with van der Waals surface area (Å²) in [5, 5.41) is 3.10. The van der Waals surface area contributed by atoms with Gasteiger partial charge in [-0.05, 0) is 54.0 Å². The van der Waals surface area contributed by atoms with Gasteiger partial charge in [-0.3, -0.25) is 4.79 Å². The number of ether oxygens (including phenoxy) is 1. The van der Waals surface area contributed by atoms with E-state index in [0.717, 1.165) is 24.2 Å². The second-order valence-corrected chi connectivity index (χ2v) is 8.52. The third-order valence-corrected chi connectivity index (χ3v) is 5.44. The Morgan fingerprint density at radius 3 is 2.46 bits per heavy atom. The zero-order valence-electron chi connectivity index (χ0n) is 17.5. The van der Waals surface area contributed by atoms with Crippen molar-refractivity contribution in [2.75, 3.05) is 25.1 Å². The van der Waals surface area contributed by atoms with Gasteiger partial charge in [0.25, 0.3) is 5.91 Å². The van der Waals surface area contributed by atoms with Gasteiger partial charge in [0.1, 0.15) is 5.75 Å². The highest BCUT2D eigenvalue weighted by Gasteiger charge is 2.20. The van der Waals surface area contributed by atoms with Gasteiger partial charge in [0, 0.05) is 25.3 Å². The van der Waals surface area contributed by atoms with Crippen LogP contribution in [-0.2, 0) is 12.0 Å². The summed E-state index contributed by atoms with van der Waals surface area (Å²) in [5.74, 6) is 0.506. The molecule has 1 amide bonds. The van der Waals surface area contributed by atoms with Gasteiger partial charge in [-0.15, -0.1) is 0 Å². The maximum absolute atomic E-state index is 13.0. The van der Waals surface area contributed by atoms with E-state index >= 15 is 0 Å². The third kappa shape index (κ3) is 4.67. The maximum atomic E-state index is 13.0. The Bertz CT molecular complexity index is 818. The van der Waals surface area contributed by atoms with Crippen LogP contribution in [0, 0.1) is 0 Å². The van der Waals surface area contributed by atoms with Crippen molar-refractivity contribution in [1.29, 1.82) is 0 Å². The molecule has 0 atom stereocenters. The minimum Gasteiger partial charge on any atom is -0.496 e. The molecule has 2 aromatic rings. The van der Waals surface area contributed by atoms with E-state index in [1.807, 2.05) is 24.3 Å². The van der Waals surface area contributed by atoms with E-state index in [1.54, 1.807) is 7.11 Å². The maximum Gasteiger partial charge on any atom is 0.255 e. The van der Waals surface area contributed by atoms with E-state index in [2.05, 4.69) is 49.2 Å². The molecule has 1 aliphatic heterocycles. The summed E-state index contributed by atoms with van der Waals surface area (Å²) in [4.78, 5) is 15.4. The van der Waals surface area contributed by atoms with Gasteiger partial charge in [0.2, 0.25) is 0 Å². The zero-order chi connectivity index (χ0) is 20.1. The standard InChI is InChI=1S/C24H32N2O2/c1-24(2,3)19-12-13-22(28-4)20(16-19)23(27)25-17-18-10-6-7-11-21(18)26-14-8-5-9-15-26/h6-7,10-13,16H,5,8-9,14-15,17H2,1-4H3,(H,25,27). The van der Waals surface area contributed by atoms with Gasteiger partial charge in [-0.25, -0.2) is 0 Å². The van der Waals surface area contributed by atoms with Crippen molar-refractivity contribution < 1.29 is 9.53 Å². The van der Waals surface area contributed by atoms with Crippen molar-refractivity contribution in [3.8, 4) is 5.75 Å². The number of nitrogens with zero attached hydrogens (tertiary/aromatic N) is 1. The predicted molar refractivity (Wildman–Crippen MR) is 115 cm³/mol. The van der Waals surface area contributed by atoms with Crippen molar-refractivity contribution in [3.63, 3.8) is 0 Å². The van der Waals surface area contributed by atoms with Gasteiger partial charge in [-0.1, -0.05) is 45.0 Å². The highest BCUT2D eigenvalue weighted by molar-refractivity contribution is 5.97. The van der Waals surface area contributed by atoms with Crippen LogP contribution in [0.3, 0.4) is 0 Å². The number of anilines is 1. The molecule has 0 spiro atoms. The number of piperidine rings is 1. The molecule has 0 unspecified atom stereocenters. The molecular weight excluding hydrogens is 348 g/mol. The molecule has 4 nitrogen and oxygen atoms in total. The van der Waals surface area contributed by atoms with Crippen molar-refractivity contribution in [2.45, 2.75) is 52.0 Å². The summed E-state index contributed by atoms with van der Waals surface area (Å²) >= 11 is 0. The van der Waals surface area contributed by atoms with Crippen molar-refractivity contribution in [1.82, 2.24) is 5.32 Å². The molecule has 1 heterocycles. The molecule has 28 heavy (non-hydrogen) atoms. The van der Waals surface area contributed by atoms with Crippen LogP contribution in [0.2, 0.25) is 0 Å². The van der Waals surface area contributed by atoms with E-state index in [0.29, 0.717) is 17.9 Å². The molecule has 0 bridgehead atoms. The molecule has 0 aliphatic carbocycles. The Balaban J connectivity index is 1.78. The lowest BCUT2D eigenvalue weighted by atomic mass is 9.86.